The van der Waals surface area contributed by atoms with Crippen LogP contribution in [0.15, 0.2) is 24.3 Å². The summed E-state index contributed by atoms with van der Waals surface area (Å²) in [7, 11) is 0. The van der Waals surface area contributed by atoms with Crippen molar-refractivity contribution < 1.29 is 0 Å². The number of rotatable bonds is 0. The van der Waals surface area contributed by atoms with Crippen LogP contribution in [0, 0.1) is 0 Å². The van der Waals surface area contributed by atoms with Crippen molar-refractivity contribution in [3.8, 4) is 0 Å². The zero-order valence-corrected chi connectivity index (χ0v) is 7.80. The fraction of sp³-hybridized carbons (Fsp3) is 0. The van der Waals surface area contributed by atoms with Crippen molar-refractivity contribution in [3.05, 3.63) is 29.3 Å². The minimum atomic E-state index is 0.880. The molecule has 0 spiro atoms. The summed E-state index contributed by atoms with van der Waals surface area (Å²) >= 11 is 7.11. The van der Waals surface area contributed by atoms with E-state index in [0.29, 0.717) is 0 Å². The van der Waals surface area contributed by atoms with Crippen molar-refractivity contribution in [2.24, 2.45) is 0 Å². The van der Waals surface area contributed by atoms with Crippen LogP contribution in [-0.2, 0) is 0 Å². The van der Waals surface area contributed by atoms with Crippen molar-refractivity contribution in [1.29, 1.82) is 0 Å². The van der Waals surface area contributed by atoms with Gasteiger partial charge in [-0.3, -0.25) is 0 Å². The molecular weight excluding hydrogens is 226 g/mol. The van der Waals surface area contributed by atoms with E-state index < -0.39 is 0 Å². The average molecular weight is 230 g/mol. The van der Waals surface area contributed by atoms with Crippen molar-refractivity contribution in [2.75, 3.05) is 0 Å². The van der Waals surface area contributed by atoms with Gasteiger partial charge in [0.2, 0.25) is 0 Å². The predicted octanol–water partition coefficient (Wildman–Crippen LogP) is 1.13. The molecule has 0 aliphatic heterocycles. The van der Waals surface area contributed by atoms with E-state index in [2.05, 4.69) is 0 Å². The summed E-state index contributed by atoms with van der Waals surface area (Å²) in [4.78, 5) is 0. The van der Waals surface area contributed by atoms with Gasteiger partial charge in [0.25, 0.3) is 0 Å². The second kappa shape index (κ2) is 2.74. The third-order valence-electron chi connectivity index (χ3n) is 0.874. The molecule has 0 nitrogen and oxygen atoms in total. The third-order valence-corrected chi connectivity index (χ3v) is 2.90. The van der Waals surface area contributed by atoms with Gasteiger partial charge in [0, 0.05) is 0 Å². The van der Waals surface area contributed by atoms with Gasteiger partial charge < -0.3 is 0 Å². The number of benzene rings is 1. The Labute approximate surface area is 66.9 Å². The van der Waals surface area contributed by atoms with E-state index in [0.717, 1.165) is 5.02 Å². The van der Waals surface area contributed by atoms with Crippen LogP contribution in [0.3, 0.4) is 0 Å². The van der Waals surface area contributed by atoms with E-state index >= 15 is 0 Å². The van der Waals surface area contributed by atoms with E-state index in [9.17, 15) is 0 Å². The van der Waals surface area contributed by atoms with Gasteiger partial charge in [0.05, 0.1) is 0 Å². The molecule has 3 radical (unpaired) electrons. The van der Waals surface area contributed by atoms with Crippen LogP contribution in [0.4, 0.5) is 0 Å². The molecule has 0 aromatic heterocycles. The summed E-state index contributed by atoms with van der Waals surface area (Å²) in [6, 6.07) is 7.87. The maximum atomic E-state index is 5.73. The molecule has 0 unspecified atom stereocenters. The molecule has 0 saturated heterocycles. The molecule has 0 aliphatic rings. The third kappa shape index (κ3) is 1.39. The molecule has 1 rings (SSSR count). The van der Waals surface area contributed by atoms with Crippen molar-refractivity contribution in [2.45, 2.75) is 0 Å². The van der Waals surface area contributed by atoms with E-state index in [1.807, 2.05) is 24.3 Å². The summed E-state index contributed by atoms with van der Waals surface area (Å²) in [6.45, 7) is 0. The first-order valence-corrected chi connectivity index (χ1v) is 4.07. The first-order valence-electron chi connectivity index (χ1n) is 2.27. The molecule has 0 heterocycles. The van der Waals surface area contributed by atoms with Gasteiger partial charge in [-0.05, 0) is 0 Å². The molecule has 1 aromatic carbocycles. The van der Waals surface area contributed by atoms with Gasteiger partial charge in [-0.25, -0.2) is 0 Å². The zero-order valence-electron chi connectivity index (χ0n) is 4.19. The molecular formula is C6H4ClSn. The SMILES string of the molecule is Clc1cccc[c]1[Sn]. The minimum absolute atomic E-state index is 0.880. The second-order valence-electron chi connectivity index (χ2n) is 1.48. The molecule has 0 bridgehead atoms. The summed E-state index contributed by atoms with van der Waals surface area (Å²) < 4.78 is 1.22. The predicted molar refractivity (Wildman–Crippen MR) is 36.8 cm³/mol. The molecule has 0 amide bonds. The quantitative estimate of drug-likeness (QED) is 0.586. The van der Waals surface area contributed by atoms with Gasteiger partial charge >= 0.3 is 67.0 Å². The summed E-state index contributed by atoms with van der Waals surface area (Å²) in [5.41, 5.74) is 0. The molecule has 0 saturated carbocycles. The fourth-order valence-electron chi connectivity index (χ4n) is 0.461. The van der Waals surface area contributed by atoms with Gasteiger partial charge in [-0.15, -0.1) is 0 Å². The Hall–Kier alpha value is 0.309. The van der Waals surface area contributed by atoms with E-state index in [1.165, 1.54) is 26.1 Å². The normalized spacial score (nSPS) is 9.25. The number of hydrogen-bond acceptors (Lipinski definition) is 0. The van der Waals surface area contributed by atoms with Crippen molar-refractivity contribution in [3.63, 3.8) is 0 Å². The van der Waals surface area contributed by atoms with Crippen molar-refractivity contribution in [1.82, 2.24) is 0 Å². The number of halogens is 1. The first-order chi connectivity index (χ1) is 3.80. The van der Waals surface area contributed by atoms with Crippen LogP contribution in [-0.4, -0.2) is 22.5 Å². The van der Waals surface area contributed by atoms with E-state index in [4.69, 9.17) is 11.6 Å². The summed E-state index contributed by atoms with van der Waals surface area (Å²) in [6.07, 6.45) is 0. The van der Waals surface area contributed by atoms with Gasteiger partial charge in [-0.2, -0.15) is 0 Å². The number of hydrogen-bond donors (Lipinski definition) is 0. The van der Waals surface area contributed by atoms with Crippen molar-refractivity contribution >= 4 is 37.7 Å². The van der Waals surface area contributed by atoms with Crippen LogP contribution in [0.1, 0.15) is 0 Å². The van der Waals surface area contributed by atoms with Crippen LogP contribution >= 0.6 is 11.6 Å². The maximum absolute atomic E-state index is 5.73. The molecule has 2 heteroatoms. The van der Waals surface area contributed by atoms with Crippen LogP contribution in [0.2, 0.25) is 5.02 Å². The molecule has 39 valence electrons. The van der Waals surface area contributed by atoms with Gasteiger partial charge in [0.15, 0.2) is 0 Å². The molecule has 0 fully saturated rings. The molecule has 0 aliphatic carbocycles. The van der Waals surface area contributed by atoms with E-state index in [-0.39, 0.29) is 0 Å². The standard InChI is InChI=1S/C6H4Cl.Sn/c7-6-4-2-1-3-5-6;/h1-4H;. The summed E-state index contributed by atoms with van der Waals surface area (Å²) in [5.74, 6) is 0. The van der Waals surface area contributed by atoms with Gasteiger partial charge in [-0.1, -0.05) is 0 Å². The van der Waals surface area contributed by atoms with E-state index in [1.54, 1.807) is 0 Å². The average Bonchev–Trinajstić information content (AvgIpc) is 1.77. The first kappa shape index (κ1) is 6.43. The Morgan fingerprint density at radius 2 is 1.88 bits per heavy atom. The van der Waals surface area contributed by atoms with Crippen LogP contribution < -0.4 is 3.58 Å². The fourth-order valence-corrected chi connectivity index (χ4v) is 1.11. The second-order valence-corrected chi connectivity index (χ2v) is 3.42. The topological polar surface area (TPSA) is 0 Å². The molecule has 0 N–H and O–H groups in total. The monoisotopic (exact) mass is 231 g/mol. The van der Waals surface area contributed by atoms with Gasteiger partial charge in [0.1, 0.15) is 0 Å². The Bertz CT molecular complexity index is 165. The molecule has 8 heavy (non-hydrogen) atoms. The zero-order chi connectivity index (χ0) is 5.98. The Balaban J connectivity index is 3.13. The Morgan fingerprint density at radius 1 is 1.25 bits per heavy atom. The summed E-state index contributed by atoms with van der Waals surface area (Å²) in [5, 5.41) is 0.880. The van der Waals surface area contributed by atoms with Crippen LogP contribution in [0.5, 0.6) is 0 Å². The van der Waals surface area contributed by atoms with Crippen LogP contribution in [0.25, 0.3) is 0 Å². The Kier molecular flexibility index (Phi) is 2.20. The molecule has 0 atom stereocenters. The Morgan fingerprint density at radius 3 is 2.25 bits per heavy atom. The molecule has 1 aromatic rings.